The van der Waals surface area contributed by atoms with E-state index in [9.17, 15) is 0 Å². The van der Waals surface area contributed by atoms with Crippen LogP contribution in [0.3, 0.4) is 0 Å². The molecule has 0 saturated heterocycles. The van der Waals surface area contributed by atoms with Crippen LogP contribution in [0.15, 0.2) is 6.20 Å². The first-order chi connectivity index (χ1) is 4.63. The van der Waals surface area contributed by atoms with Crippen molar-refractivity contribution in [1.82, 2.24) is 4.98 Å². The van der Waals surface area contributed by atoms with Crippen molar-refractivity contribution < 1.29 is 10.2 Å². The molecule has 0 radical (unpaired) electrons. The predicted molar refractivity (Wildman–Crippen MR) is 37.0 cm³/mol. The molecule has 3 nitrogen and oxygen atoms in total. The van der Waals surface area contributed by atoms with Crippen molar-refractivity contribution in [3.05, 3.63) is 17.3 Å². The Hall–Kier alpha value is -1.25. The maximum absolute atomic E-state index is 9.05. The van der Waals surface area contributed by atoms with Crippen LogP contribution in [0.25, 0.3) is 0 Å². The van der Waals surface area contributed by atoms with Crippen LogP contribution in [-0.4, -0.2) is 15.2 Å². The Morgan fingerprint density at radius 3 is 2.30 bits per heavy atom. The van der Waals surface area contributed by atoms with Gasteiger partial charge in [0, 0.05) is 11.1 Å². The summed E-state index contributed by atoms with van der Waals surface area (Å²) in [6.07, 6.45) is 1.23. The SMILES string of the molecule is Cc1c(O)cnc(O)c1C. The van der Waals surface area contributed by atoms with Crippen molar-refractivity contribution >= 4 is 0 Å². The summed E-state index contributed by atoms with van der Waals surface area (Å²) in [4.78, 5) is 3.54. The molecule has 54 valence electrons. The predicted octanol–water partition coefficient (Wildman–Crippen LogP) is 1.11. The fraction of sp³-hybridized carbons (Fsp3) is 0.286. The zero-order chi connectivity index (χ0) is 7.72. The Labute approximate surface area is 59.0 Å². The molecule has 0 aliphatic carbocycles. The zero-order valence-electron chi connectivity index (χ0n) is 5.92. The largest absolute Gasteiger partial charge is 0.506 e. The maximum Gasteiger partial charge on any atom is 0.214 e. The van der Waals surface area contributed by atoms with Gasteiger partial charge in [-0.2, -0.15) is 0 Å². The van der Waals surface area contributed by atoms with Gasteiger partial charge in [0.05, 0.1) is 6.20 Å². The lowest BCUT2D eigenvalue weighted by Crippen LogP contribution is -1.85. The van der Waals surface area contributed by atoms with E-state index in [2.05, 4.69) is 4.98 Å². The van der Waals surface area contributed by atoms with Crippen LogP contribution in [0, 0.1) is 13.8 Å². The molecule has 0 saturated carbocycles. The van der Waals surface area contributed by atoms with E-state index in [4.69, 9.17) is 10.2 Å². The van der Waals surface area contributed by atoms with E-state index in [1.165, 1.54) is 6.20 Å². The van der Waals surface area contributed by atoms with Gasteiger partial charge in [0.2, 0.25) is 5.88 Å². The number of rotatable bonds is 0. The van der Waals surface area contributed by atoms with E-state index in [0.717, 1.165) is 0 Å². The summed E-state index contributed by atoms with van der Waals surface area (Å²) in [5.74, 6) is 0.102. The Kier molecular flexibility index (Phi) is 1.49. The van der Waals surface area contributed by atoms with E-state index in [0.29, 0.717) is 11.1 Å². The number of aromatic nitrogens is 1. The van der Waals surface area contributed by atoms with E-state index in [-0.39, 0.29) is 11.6 Å². The molecule has 10 heavy (non-hydrogen) atoms. The van der Waals surface area contributed by atoms with Gasteiger partial charge in [0.25, 0.3) is 0 Å². The van der Waals surface area contributed by atoms with Gasteiger partial charge in [-0.15, -0.1) is 0 Å². The summed E-state index contributed by atoms with van der Waals surface area (Å²) < 4.78 is 0. The third kappa shape index (κ3) is 0.900. The highest BCUT2D eigenvalue weighted by atomic mass is 16.3. The van der Waals surface area contributed by atoms with Crippen LogP contribution in [0.5, 0.6) is 11.6 Å². The molecular weight excluding hydrogens is 130 g/mol. The molecule has 0 spiro atoms. The third-order valence-electron chi connectivity index (χ3n) is 1.59. The minimum absolute atomic E-state index is 0.0182. The van der Waals surface area contributed by atoms with Crippen LogP contribution >= 0.6 is 0 Å². The number of pyridine rings is 1. The van der Waals surface area contributed by atoms with Gasteiger partial charge in [-0.05, 0) is 13.8 Å². The van der Waals surface area contributed by atoms with Crippen molar-refractivity contribution in [2.75, 3.05) is 0 Å². The lowest BCUT2D eigenvalue weighted by molar-refractivity contribution is 0.433. The van der Waals surface area contributed by atoms with Gasteiger partial charge < -0.3 is 10.2 Å². The molecule has 0 bridgehead atoms. The monoisotopic (exact) mass is 139 g/mol. The number of hydrogen-bond acceptors (Lipinski definition) is 3. The summed E-state index contributed by atoms with van der Waals surface area (Å²) in [5, 5.41) is 18.1. The molecule has 0 unspecified atom stereocenters. The molecule has 0 amide bonds. The van der Waals surface area contributed by atoms with Crippen molar-refractivity contribution in [3.8, 4) is 11.6 Å². The Morgan fingerprint density at radius 2 is 1.80 bits per heavy atom. The zero-order valence-corrected chi connectivity index (χ0v) is 5.92. The van der Waals surface area contributed by atoms with Gasteiger partial charge >= 0.3 is 0 Å². The minimum atomic E-state index is -0.0182. The Bertz CT molecular complexity index is 231. The first-order valence-corrected chi connectivity index (χ1v) is 2.97. The fourth-order valence-corrected chi connectivity index (χ4v) is 0.676. The summed E-state index contributed by atoms with van der Waals surface area (Å²) in [7, 11) is 0. The molecular formula is C7H9NO2. The molecule has 0 aliphatic rings. The molecule has 1 heterocycles. The second kappa shape index (κ2) is 2.17. The second-order valence-corrected chi connectivity index (χ2v) is 2.22. The van der Waals surface area contributed by atoms with E-state index in [1.807, 2.05) is 0 Å². The van der Waals surface area contributed by atoms with Gasteiger partial charge in [0.1, 0.15) is 5.75 Å². The molecule has 1 aromatic rings. The summed E-state index contributed by atoms with van der Waals surface area (Å²) >= 11 is 0. The minimum Gasteiger partial charge on any atom is -0.506 e. The number of nitrogens with zero attached hydrogens (tertiary/aromatic N) is 1. The number of hydrogen-bond donors (Lipinski definition) is 2. The molecule has 0 aromatic carbocycles. The number of aromatic hydroxyl groups is 2. The summed E-state index contributed by atoms with van der Waals surface area (Å²) in [5.41, 5.74) is 1.30. The standard InChI is InChI=1S/C7H9NO2/c1-4-5(2)7(10)8-3-6(4)9/h3,9H,1-2H3,(H,8,10). The van der Waals surface area contributed by atoms with Gasteiger partial charge in [-0.3, -0.25) is 0 Å². The third-order valence-corrected chi connectivity index (χ3v) is 1.59. The molecule has 0 fully saturated rings. The summed E-state index contributed by atoms with van der Waals surface area (Å²) in [6, 6.07) is 0. The van der Waals surface area contributed by atoms with Crippen molar-refractivity contribution in [2.45, 2.75) is 13.8 Å². The fourth-order valence-electron chi connectivity index (χ4n) is 0.676. The summed E-state index contributed by atoms with van der Waals surface area (Å²) in [6.45, 7) is 3.43. The first kappa shape index (κ1) is 6.86. The van der Waals surface area contributed by atoms with Crippen molar-refractivity contribution in [3.63, 3.8) is 0 Å². The quantitative estimate of drug-likeness (QED) is 0.566. The van der Waals surface area contributed by atoms with Crippen molar-refractivity contribution in [1.29, 1.82) is 0 Å². The van der Waals surface area contributed by atoms with Crippen molar-refractivity contribution in [2.24, 2.45) is 0 Å². The van der Waals surface area contributed by atoms with E-state index in [1.54, 1.807) is 13.8 Å². The maximum atomic E-state index is 9.05. The molecule has 1 aromatic heterocycles. The van der Waals surface area contributed by atoms with Crippen LogP contribution in [0.2, 0.25) is 0 Å². The van der Waals surface area contributed by atoms with E-state index < -0.39 is 0 Å². The molecule has 1 rings (SSSR count). The average Bonchev–Trinajstić information content (AvgIpc) is 1.93. The lowest BCUT2D eigenvalue weighted by Gasteiger charge is -2.02. The molecule has 0 atom stereocenters. The first-order valence-electron chi connectivity index (χ1n) is 2.97. The van der Waals surface area contributed by atoms with E-state index >= 15 is 0 Å². The Balaban J connectivity index is 3.34. The molecule has 0 aliphatic heterocycles. The highest BCUT2D eigenvalue weighted by Gasteiger charge is 2.03. The molecule has 3 heteroatoms. The smallest absolute Gasteiger partial charge is 0.214 e. The topological polar surface area (TPSA) is 53.4 Å². The Morgan fingerprint density at radius 1 is 1.20 bits per heavy atom. The van der Waals surface area contributed by atoms with Gasteiger partial charge in [0.15, 0.2) is 0 Å². The normalized spacial score (nSPS) is 9.80. The highest BCUT2D eigenvalue weighted by Crippen LogP contribution is 2.23. The van der Waals surface area contributed by atoms with Gasteiger partial charge in [-0.25, -0.2) is 4.98 Å². The molecule has 2 N–H and O–H groups in total. The van der Waals surface area contributed by atoms with Crippen LogP contribution in [-0.2, 0) is 0 Å². The lowest BCUT2D eigenvalue weighted by atomic mass is 10.1. The average molecular weight is 139 g/mol. The van der Waals surface area contributed by atoms with Crippen LogP contribution < -0.4 is 0 Å². The van der Waals surface area contributed by atoms with Crippen LogP contribution in [0.4, 0.5) is 0 Å². The second-order valence-electron chi connectivity index (χ2n) is 2.22. The highest BCUT2D eigenvalue weighted by molar-refractivity contribution is 5.39. The van der Waals surface area contributed by atoms with Crippen LogP contribution in [0.1, 0.15) is 11.1 Å². The van der Waals surface area contributed by atoms with Gasteiger partial charge in [-0.1, -0.05) is 0 Å².